The lowest BCUT2D eigenvalue weighted by molar-refractivity contribution is 0.0163. The van der Waals surface area contributed by atoms with E-state index in [2.05, 4.69) is 0 Å². The smallest absolute Gasteiger partial charge is 0.344 e. The van der Waals surface area contributed by atoms with Gasteiger partial charge in [0, 0.05) is 12.3 Å². The number of esters is 1. The van der Waals surface area contributed by atoms with Crippen molar-refractivity contribution in [3.8, 4) is 5.69 Å². The van der Waals surface area contributed by atoms with Crippen LogP contribution in [0.1, 0.15) is 23.2 Å². The Bertz CT molecular complexity index is 1200. The van der Waals surface area contributed by atoms with Gasteiger partial charge in [-0.05, 0) is 37.1 Å². The molecule has 2 aromatic carbocycles. The number of hydrogen-bond acceptors (Lipinski definition) is 6. The van der Waals surface area contributed by atoms with Crippen LogP contribution in [0.3, 0.4) is 0 Å². The summed E-state index contributed by atoms with van der Waals surface area (Å²) in [4.78, 5) is 22.4. The van der Waals surface area contributed by atoms with Crippen LogP contribution in [-0.4, -0.2) is 39.8 Å². The normalized spacial score (nSPS) is 16.5. The van der Waals surface area contributed by atoms with E-state index in [-0.39, 0.29) is 24.1 Å². The van der Waals surface area contributed by atoms with E-state index < -0.39 is 5.97 Å². The molecule has 2 aromatic heterocycles. The molecule has 0 bridgehead atoms. The number of rotatable bonds is 4. The van der Waals surface area contributed by atoms with Crippen molar-refractivity contribution in [3.63, 3.8) is 0 Å². The van der Waals surface area contributed by atoms with Crippen molar-refractivity contribution in [2.45, 2.75) is 18.9 Å². The predicted octanol–water partition coefficient (Wildman–Crippen LogP) is 3.49. The van der Waals surface area contributed by atoms with Crippen LogP contribution in [0.15, 0.2) is 54.6 Å². The molecule has 1 saturated heterocycles. The van der Waals surface area contributed by atoms with Crippen molar-refractivity contribution >= 4 is 34.0 Å². The molecular formula is C22H20N4O3. The third-order valence-corrected chi connectivity index (χ3v) is 5.14. The van der Waals surface area contributed by atoms with E-state index in [1.54, 1.807) is 4.57 Å². The Kier molecular flexibility index (Phi) is 4.37. The van der Waals surface area contributed by atoms with Crippen molar-refractivity contribution in [1.29, 1.82) is 0 Å². The molecule has 0 aliphatic carbocycles. The van der Waals surface area contributed by atoms with Crippen molar-refractivity contribution in [2.24, 2.45) is 0 Å². The van der Waals surface area contributed by atoms with Gasteiger partial charge in [-0.15, -0.1) is 0 Å². The summed E-state index contributed by atoms with van der Waals surface area (Å²) < 4.78 is 12.8. The summed E-state index contributed by atoms with van der Waals surface area (Å²) in [5, 5.41) is 0. The van der Waals surface area contributed by atoms with E-state index >= 15 is 0 Å². The second kappa shape index (κ2) is 7.18. The second-order valence-corrected chi connectivity index (χ2v) is 7.05. The molecule has 4 aromatic rings. The third-order valence-electron chi connectivity index (χ3n) is 5.14. The molecule has 146 valence electrons. The van der Waals surface area contributed by atoms with Gasteiger partial charge in [-0.1, -0.05) is 30.3 Å². The first-order valence-electron chi connectivity index (χ1n) is 9.63. The topological polar surface area (TPSA) is 92.3 Å². The zero-order valence-corrected chi connectivity index (χ0v) is 15.7. The quantitative estimate of drug-likeness (QED) is 0.538. The molecule has 1 atom stereocenters. The first-order valence-corrected chi connectivity index (χ1v) is 9.63. The van der Waals surface area contributed by atoms with E-state index in [4.69, 9.17) is 25.2 Å². The van der Waals surface area contributed by atoms with Crippen molar-refractivity contribution in [1.82, 2.24) is 14.5 Å². The highest BCUT2D eigenvalue weighted by molar-refractivity contribution is 6.09. The van der Waals surface area contributed by atoms with Crippen molar-refractivity contribution < 1.29 is 14.3 Å². The van der Waals surface area contributed by atoms with Crippen LogP contribution in [0.5, 0.6) is 0 Å². The first-order chi connectivity index (χ1) is 14.2. The lowest BCUT2D eigenvalue weighted by Gasteiger charge is -2.10. The number of nitrogen functional groups attached to an aromatic ring is 1. The molecule has 0 unspecified atom stereocenters. The van der Waals surface area contributed by atoms with Gasteiger partial charge in [0.1, 0.15) is 23.5 Å². The number of nitrogens with two attached hydrogens (primary N) is 1. The fourth-order valence-electron chi connectivity index (χ4n) is 3.72. The molecule has 0 radical (unpaired) electrons. The summed E-state index contributed by atoms with van der Waals surface area (Å²) in [6, 6.07) is 17.1. The summed E-state index contributed by atoms with van der Waals surface area (Å²) in [5.74, 6) is -0.249. The minimum Gasteiger partial charge on any atom is -0.459 e. The molecule has 2 N–H and O–H groups in total. The third kappa shape index (κ3) is 3.09. The van der Waals surface area contributed by atoms with Gasteiger partial charge in [-0.3, -0.25) is 4.57 Å². The number of anilines is 1. The standard InChI is InChI=1S/C22H20N4O3/c23-20-18(22(27)29-13-15-9-6-12-28-15)19-21(26(20)14-7-2-1-3-8-14)25-17-11-5-4-10-16(17)24-19/h1-5,7-8,10-11,15H,6,9,12-13,23H2/t15-/m1/s1. The highest BCUT2D eigenvalue weighted by Crippen LogP contribution is 2.31. The Labute approximate surface area is 167 Å². The van der Waals surface area contributed by atoms with Crippen LogP contribution < -0.4 is 5.73 Å². The minimum absolute atomic E-state index is 0.0606. The van der Waals surface area contributed by atoms with Crippen LogP contribution in [0.25, 0.3) is 27.9 Å². The molecule has 3 heterocycles. The highest BCUT2D eigenvalue weighted by atomic mass is 16.6. The molecule has 0 saturated carbocycles. The Morgan fingerprint density at radius 2 is 1.83 bits per heavy atom. The maximum atomic E-state index is 13.0. The Balaban J connectivity index is 1.66. The number of aromatic nitrogens is 3. The van der Waals surface area contributed by atoms with Gasteiger partial charge in [0.2, 0.25) is 0 Å². The van der Waals surface area contributed by atoms with E-state index in [9.17, 15) is 4.79 Å². The van der Waals surface area contributed by atoms with E-state index in [1.807, 2.05) is 54.6 Å². The largest absolute Gasteiger partial charge is 0.459 e. The fourth-order valence-corrected chi connectivity index (χ4v) is 3.72. The van der Waals surface area contributed by atoms with Crippen molar-refractivity contribution in [2.75, 3.05) is 18.9 Å². The van der Waals surface area contributed by atoms with Crippen LogP contribution >= 0.6 is 0 Å². The molecule has 0 spiro atoms. The maximum Gasteiger partial charge on any atom is 0.344 e. The SMILES string of the molecule is Nc1c(C(=O)OC[C@H]2CCCO2)c2nc3ccccc3nc2n1-c1ccccc1. The van der Waals surface area contributed by atoms with Crippen LogP contribution in [0, 0.1) is 0 Å². The number of carbonyl (C=O) groups is 1. The molecule has 0 amide bonds. The predicted molar refractivity (Wildman–Crippen MR) is 110 cm³/mol. The van der Waals surface area contributed by atoms with Gasteiger partial charge in [0.15, 0.2) is 5.65 Å². The minimum atomic E-state index is -0.512. The Morgan fingerprint density at radius 3 is 2.55 bits per heavy atom. The van der Waals surface area contributed by atoms with Crippen molar-refractivity contribution in [3.05, 3.63) is 60.2 Å². The van der Waals surface area contributed by atoms with Gasteiger partial charge in [0.25, 0.3) is 0 Å². The summed E-state index contributed by atoms with van der Waals surface area (Å²) in [6.07, 6.45) is 1.81. The summed E-state index contributed by atoms with van der Waals surface area (Å²) >= 11 is 0. The van der Waals surface area contributed by atoms with E-state index in [0.29, 0.717) is 23.3 Å². The number of ether oxygens (including phenoxy) is 2. The zero-order chi connectivity index (χ0) is 19.8. The average Bonchev–Trinajstić information content (AvgIpc) is 3.36. The average molecular weight is 388 g/mol. The molecule has 5 rings (SSSR count). The monoisotopic (exact) mass is 388 g/mol. The highest BCUT2D eigenvalue weighted by Gasteiger charge is 2.27. The van der Waals surface area contributed by atoms with Gasteiger partial charge in [-0.25, -0.2) is 14.8 Å². The maximum absolute atomic E-state index is 13.0. The number of hydrogen-bond donors (Lipinski definition) is 1. The van der Waals surface area contributed by atoms with E-state index in [0.717, 1.165) is 24.0 Å². The lowest BCUT2D eigenvalue weighted by atomic mass is 10.2. The number of fused-ring (bicyclic) bond motifs is 2. The molecule has 1 aliphatic heterocycles. The summed E-state index contributed by atoms with van der Waals surface area (Å²) in [6.45, 7) is 0.909. The van der Waals surface area contributed by atoms with Crippen LogP contribution in [0.4, 0.5) is 5.82 Å². The molecule has 1 aliphatic rings. The second-order valence-electron chi connectivity index (χ2n) is 7.05. The van der Waals surface area contributed by atoms with Gasteiger partial charge in [-0.2, -0.15) is 0 Å². The Hall–Kier alpha value is -3.45. The number of benzene rings is 2. The first kappa shape index (κ1) is 17.6. The molecule has 7 heteroatoms. The zero-order valence-electron chi connectivity index (χ0n) is 15.7. The van der Waals surface area contributed by atoms with Gasteiger partial charge < -0.3 is 15.2 Å². The van der Waals surface area contributed by atoms with Gasteiger partial charge >= 0.3 is 5.97 Å². The molecule has 29 heavy (non-hydrogen) atoms. The lowest BCUT2D eigenvalue weighted by Crippen LogP contribution is -2.18. The molecular weight excluding hydrogens is 368 g/mol. The number of para-hydroxylation sites is 3. The van der Waals surface area contributed by atoms with Crippen LogP contribution in [0.2, 0.25) is 0 Å². The van der Waals surface area contributed by atoms with Crippen LogP contribution in [-0.2, 0) is 9.47 Å². The summed E-state index contributed by atoms with van der Waals surface area (Å²) in [7, 11) is 0. The number of nitrogens with zero attached hydrogens (tertiary/aromatic N) is 3. The molecule has 1 fully saturated rings. The fraction of sp³-hybridized carbons (Fsp3) is 0.227. The van der Waals surface area contributed by atoms with Gasteiger partial charge in [0.05, 0.1) is 17.1 Å². The van der Waals surface area contributed by atoms with E-state index in [1.165, 1.54) is 0 Å². The summed E-state index contributed by atoms with van der Waals surface area (Å²) in [5.41, 5.74) is 9.87. The Morgan fingerprint density at radius 1 is 1.10 bits per heavy atom. The number of carbonyl (C=O) groups excluding carboxylic acids is 1. The molecule has 7 nitrogen and oxygen atoms in total.